The lowest BCUT2D eigenvalue weighted by Crippen LogP contribution is -2.21. The minimum absolute atomic E-state index is 0.350. The van der Waals surface area contributed by atoms with Crippen molar-refractivity contribution < 1.29 is 4.79 Å². The number of urea groups is 1. The van der Waals surface area contributed by atoms with E-state index in [1.54, 1.807) is 23.1 Å². The van der Waals surface area contributed by atoms with Crippen LogP contribution in [0.25, 0.3) is 16.5 Å². The molecule has 2 amide bonds. The van der Waals surface area contributed by atoms with E-state index in [2.05, 4.69) is 26.8 Å². The molecule has 0 radical (unpaired) electrons. The molecule has 0 unspecified atom stereocenters. The average molecular weight is 495 g/mol. The molecule has 2 aromatic carbocycles. The Hall–Kier alpha value is -4.65. The third-order valence-electron chi connectivity index (χ3n) is 5.43. The Bertz CT molecular complexity index is 1430. The Kier molecular flexibility index (Phi) is 9.79. The van der Waals surface area contributed by atoms with Gasteiger partial charge in [0.25, 0.3) is 0 Å². The predicted octanol–water partition coefficient (Wildman–Crippen LogP) is 7.27. The second-order valence-corrected chi connectivity index (χ2v) is 7.91. The zero-order chi connectivity index (χ0) is 26.6. The number of nitrogen functional groups attached to an aromatic ring is 1. The van der Waals surface area contributed by atoms with Crippen LogP contribution in [0, 0.1) is 0 Å². The third kappa shape index (κ3) is 6.95. The van der Waals surface area contributed by atoms with Gasteiger partial charge in [-0.2, -0.15) is 5.10 Å². The number of amides is 2. The second-order valence-electron chi connectivity index (χ2n) is 7.91. The molecule has 0 atom stereocenters. The molecule has 0 saturated heterocycles. The fourth-order valence-corrected chi connectivity index (χ4v) is 3.88. The maximum atomic E-state index is 12.9. The molecule has 0 aliphatic carbocycles. The predicted molar refractivity (Wildman–Crippen MR) is 156 cm³/mol. The molecule has 190 valence electrons. The van der Waals surface area contributed by atoms with Crippen molar-refractivity contribution in [2.45, 2.75) is 34.1 Å². The summed E-state index contributed by atoms with van der Waals surface area (Å²) in [5.74, 6) is 1.06. The van der Waals surface area contributed by atoms with E-state index in [4.69, 9.17) is 5.73 Å². The van der Waals surface area contributed by atoms with E-state index in [1.807, 2.05) is 101 Å². The van der Waals surface area contributed by atoms with Crippen LogP contribution >= 0.6 is 0 Å². The first-order valence-electron chi connectivity index (χ1n) is 12.4. The van der Waals surface area contributed by atoms with Crippen molar-refractivity contribution in [3.05, 3.63) is 108 Å². The van der Waals surface area contributed by atoms with Gasteiger partial charge in [-0.05, 0) is 67.1 Å². The molecule has 7 heteroatoms. The highest BCUT2D eigenvalue weighted by atomic mass is 16.2. The molecule has 0 aliphatic heterocycles. The van der Waals surface area contributed by atoms with Crippen LogP contribution in [-0.4, -0.2) is 20.8 Å². The number of aromatic nitrogens is 3. The molecule has 4 N–H and O–H groups in total. The van der Waals surface area contributed by atoms with Gasteiger partial charge in [-0.1, -0.05) is 62.4 Å². The number of rotatable bonds is 7. The van der Waals surface area contributed by atoms with E-state index in [9.17, 15) is 4.79 Å². The van der Waals surface area contributed by atoms with Crippen molar-refractivity contribution in [1.82, 2.24) is 14.8 Å². The standard InChI is InChI=1S/C28H28N6O.C2H6/c1-3-5-9-22(8-4-2)34-27(15-17-31-34)33-28(35)32-25-13-12-21(23-10-6-7-11-24(23)25)18-20-14-16-30-26(29)19-20;1-2/h3-17,19H,18H2,1-2H3,(H2,29,30)(H2,32,33,35);1-2H3/b5-3-,8-4-,22-9+;. The lowest BCUT2D eigenvalue weighted by atomic mass is 9.97. The molecule has 2 aromatic heterocycles. The normalized spacial score (nSPS) is 11.5. The largest absolute Gasteiger partial charge is 0.384 e. The Balaban J connectivity index is 0.00000186. The smallest absolute Gasteiger partial charge is 0.324 e. The topological polar surface area (TPSA) is 97.9 Å². The summed E-state index contributed by atoms with van der Waals surface area (Å²) in [7, 11) is 0. The highest BCUT2D eigenvalue weighted by molar-refractivity contribution is 6.06. The molecule has 0 spiro atoms. The number of anilines is 3. The first kappa shape index (κ1) is 26.9. The van der Waals surface area contributed by atoms with E-state index in [0.717, 1.165) is 33.3 Å². The molecule has 0 aliphatic rings. The van der Waals surface area contributed by atoms with E-state index in [-0.39, 0.29) is 6.03 Å². The quantitative estimate of drug-likeness (QED) is 0.235. The van der Waals surface area contributed by atoms with Crippen molar-refractivity contribution in [2.24, 2.45) is 0 Å². The van der Waals surface area contributed by atoms with E-state index in [1.165, 1.54) is 0 Å². The number of carbonyl (C=O) groups excluding carboxylic acids is 1. The first-order chi connectivity index (χ1) is 18.1. The summed E-state index contributed by atoms with van der Waals surface area (Å²) < 4.78 is 1.68. The van der Waals surface area contributed by atoms with Gasteiger partial charge in [0.2, 0.25) is 0 Å². The van der Waals surface area contributed by atoms with Gasteiger partial charge in [0.05, 0.1) is 17.6 Å². The number of allylic oxidation sites excluding steroid dienone is 6. The molecule has 0 bridgehead atoms. The molecule has 37 heavy (non-hydrogen) atoms. The highest BCUT2D eigenvalue weighted by Gasteiger charge is 2.12. The summed E-state index contributed by atoms with van der Waals surface area (Å²) in [6.45, 7) is 7.88. The van der Waals surface area contributed by atoms with Crippen LogP contribution in [0.1, 0.15) is 38.8 Å². The monoisotopic (exact) mass is 494 g/mol. The van der Waals surface area contributed by atoms with Crippen LogP contribution in [0.15, 0.2) is 97.4 Å². The van der Waals surface area contributed by atoms with Crippen LogP contribution in [0.5, 0.6) is 0 Å². The van der Waals surface area contributed by atoms with Crippen molar-refractivity contribution in [3.63, 3.8) is 0 Å². The number of nitrogens with zero attached hydrogens (tertiary/aromatic N) is 3. The number of hydrogen-bond acceptors (Lipinski definition) is 4. The second kappa shape index (κ2) is 13.4. The number of hydrogen-bond donors (Lipinski definition) is 3. The summed E-state index contributed by atoms with van der Waals surface area (Å²) >= 11 is 0. The Morgan fingerprint density at radius 3 is 2.49 bits per heavy atom. The number of pyridine rings is 1. The molecule has 7 nitrogen and oxygen atoms in total. The van der Waals surface area contributed by atoms with Gasteiger partial charge in [-0.3, -0.25) is 5.32 Å². The van der Waals surface area contributed by atoms with Crippen LogP contribution in [0.3, 0.4) is 0 Å². The molecule has 4 aromatic rings. The van der Waals surface area contributed by atoms with Crippen LogP contribution in [0.2, 0.25) is 0 Å². The summed E-state index contributed by atoms with van der Waals surface area (Å²) in [4.78, 5) is 17.0. The van der Waals surface area contributed by atoms with E-state index >= 15 is 0 Å². The van der Waals surface area contributed by atoms with E-state index in [0.29, 0.717) is 18.1 Å². The summed E-state index contributed by atoms with van der Waals surface area (Å²) in [5, 5.41) is 12.3. The fraction of sp³-hybridized carbons (Fsp3) is 0.167. The minimum atomic E-state index is -0.350. The van der Waals surface area contributed by atoms with Crippen molar-refractivity contribution in [3.8, 4) is 0 Å². The first-order valence-corrected chi connectivity index (χ1v) is 12.4. The van der Waals surface area contributed by atoms with E-state index < -0.39 is 0 Å². The van der Waals surface area contributed by atoms with Gasteiger partial charge < -0.3 is 11.1 Å². The number of carbonyl (C=O) groups is 1. The van der Waals surface area contributed by atoms with Crippen LogP contribution in [0.4, 0.5) is 22.1 Å². The lowest BCUT2D eigenvalue weighted by molar-refractivity contribution is 0.262. The molecule has 4 rings (SSSR count). The SMILES string of the molecule is CC.C\C=C/C=C(\C=C/C)n1nccc1NC(=O)Nc1ccc(Cc2ccnc(N)c2)c2ccccc12. The van der Waals surface area contributed by atoms with Gasteiger partial charge in [0, 0.05) is 17.6 Å². The number of fused-ring (bicyclic) bond motifs is 1. The van der Waals surface area contributed by atoms with Crippen LogP contribution < -0.4 is 16.4 Å². The Morgan fingerprint density at radius 2 is 1.76 bits per heavy atom. The Labute approximate surface area is 218 Å². The van der Waals surface area contributed by atoms with Gasteiger partial charge in [0.1, 0.15) is 11.6 Å². The van der Waals surface area contributed by atoms with Gasteiger partial charge in [-0.25, -0.2) is 14.5 Å². The van der Waals surface area contributed by atoms with Crippen molar-refractivity contribution >= 4 is 39.8 Å². The molecule has 2 heterocycles. The van der Waals surface area contributed by atoms with Gasteiger partial charge >= 0.3 is 6.03 Å². The fourth-order valence-electron chi connectivity index (χ4n) is 3.88. The maximum absolute atomic E-state index is 12.9. The average Bonchev–Trinajstić information content (AvgIpc) is 3.37. The minimum Gasteiger partial charge on any atom is -0.384 e. The zero-order valence-corrected chi connectivity index (χ0v) is 21.8. The van der Waals surface area contributed by atoms with Gasteiger partial charge in [0.15, 0.2) is 0 Å². The van der Waals surface area contributed by atoms with Crippen LogP contribution in [-0.2, 0) is 6.42 Å². The van der Waals surface area contributed by atoms with Crippen molar-refractivity contribution in [2.75, 3.05) is 16.4 Å². The third-order valence-corrected chi connectivity index (χ3v) is 5.43. The molecule has 0 fully saturated rings. The molecular weight excluding hydrogens is 460 g/mol. The summed E-state index contributed by atoms with van der Waals surface area (Å²) in [6, 6.07) is 17.2. The number of benzene rings is 2. The number of nitrogens with two attached hydrogens (primary N) is 1. The molecular formula is C30H34N6O. The number of nitrogens with one attached hydrogen (secondary N) is 2. The summed E-state index contributed by atoms with van der Waals surface area (Å²) in [6.07, 6.45) is 13.7. The van der Waals surface area contributed by atoms with Gasteiger partial charge in [-0.15, -0.1) is 0 Å². The summed E-state index contributed by atoms with van der Waals surface area (Å²) in [5.41, 5.74) is 9.62. The zero-order valence-electron chi connectivity index (χ0n) is 21.8. The highest BCUT2D eigenvalue weighted by Crippen LogP contribution is 2.29. The maximum Gasteiger partial charge on any atom is 0.324 e. The van der Waals surface area contributed by atoms with Crippen molar-refractivity contribution in [1.29, 1.82) is 0 Å². The Morgan fingerprint density at radius 1 is 0.973 bits per heavy atom. The molecule has 0 saturated carbocycles. The lowest BCUT2D eigenvalue weighted by Gasteiger charge is -2.14.